The number of hydrogen-bond acceptors (Lipinski definition) is 3. The van der Waals surface area contributed by atoms with E-state index in [1.807, 2.05) is 19.1 Å². The standard InChI is InChI=1S/C23H25FN2O2/c1-16-9-11-17(12-10-16)22-13-20(28-25-22)15-26(23(27)18-6-4-7-18)14-19-5-2-3-8-21(19)24/h2-3,5,8-12,18,20H,4,6-7,13-15H2,1H3. The molecule has 28 heavy (non-hydrogen) atoms. The molecule has 0 aromatic heterocycles. The lowest BCUT2D eigenvalue weighted by Crippen LogP contribution is -2.42. The van der Waals surface area contributed by atoms with Crippen LogP contribution in [0.3, 0.4) is 0 Å². The van der Waals surface area contributed by atoms with Crippen LogP contribution in [0.5, 0.6) is 0 Å². The minimum Gasteiger partial charge on any atom is -0.390 e. The molecule has 4 nitrogen and oxygen atoms in total. The lowest BCUT2D eigenvalue weighted by atomic mass is 9.84. The highest BCUT2D eigenvalue weighted by Crippen LogP contribution is 2.30. The maximum atomic E-state index is 14.1. The van der Waals surface area contributed by atoms with E-state index in [2.05, 4.69) is 17.3 Å². The number of carbonyl (C=O) groups excluding carboxylic acids is 1. The molecule has 0 radical (unpaired) electrons. The third kappa shape index (κ3) is 4.08. The minimum atomic E-state index is -0.280. The van der Waals surface area contributed by atoms with Crippen molar-refractivity contribution in [3.05, 3.63) is 71.0 Å². The van der Waals surface area contributed by atoms with E-state index in [1.165, 1.54) is 11.6 Å². The largest absolute Gasteiger partial charge is 0.390 e. The molecule has 1 saturated carbocycles. The summed E-state index contributed by atoms with van der Waals surface area (Å²) in [6.07, 6.45) is 3.37. The third-order valence-corrected chi connectivity index (χ3v) is 5.63. The summed E-state index contributed by atoms with van der Waals surface area (Å²) in [5.74, 6) is -0.120. The van der Waals surface area contributed by atoms with Gasteiger partial charge >= 0.3 is 0 Å². The number of oxime groups is 1. The molecule has 5 heteroatoms. The lowest BCUT2D eigenvalue weighted by Gasteiger charge is -2.32. The van der Waals surface area contributed by atoms with Gasteiger partial charge in [0.15, 0.2) is 6.10 Å². The second-order valence-corrected chi connectivity index (χ2v) is 7.77. The number of benzene rings is 2. The second kappa shape index (κ2) is 8.13. The van der Waals surface area contributed by atoms with Crippen LogP contribution in [0.25, 0.3) is 0 Å². The maximum Gasteiger partial charge on any atom is 0.226 e. The van der Waals surface area contributed by atoms with E-state index in [0.29, 0.717) is 18.5 Å². The quantitative estimate of drug-likeness (QED) is 0.743. The number of nitrogens with zero attached hydrogens (tertiary/aromatic N) is 2. The second-order valence-electron chi connectivity index (χ2n) is 7.77. The van der Waals surface area contributed by atoms with Crippen molar-refractivity contribution in [3.63, 3.8) is 0 Å². The van der Waals surface area contributed by atoms with Gasteiger partial charge in [0, 0.05) is 24.4 Å². The van der Waals surface area contributed by atoms with Crippen molar-refractivity contribution in [2.24, 2.45) is 11.1 Å². The van der Waals surface area contributed by atoms with Crippen molar-refractivity contribution in [1.29, 1.82) is 0 Å². The highest BCUT2D eigenvalue weighted by Gasteiger charge is 2.33. The number of rotatable bonds is 6. The van der Waals surface area contributed by atoms with Gasteiger partial charge in [-0.25, -0.2) is 4.39 Å². The summed E-state index contributed by atoms with van der Waals surface area (Å²) >= 11 is 0. The van der Waals surface area contributed by atoms with E-state index >= 15 is 0 Å². The molecule has 0 bridgehead atoms. The van der Waals surface area contributed by atoms with Gasteiger partial charge in [-0.05, 0) is 31.4 Å². The molecule has 1 fully saturated rings. The van der Waals surface area contributed by atoms with Gasteiger partial charge in [0.2, 0.25) is 5.91 Å². The molecule has 1 aliphatic heterocycles. The first-order chi connectivity index (χ1) is 13.6. The Morgan fingerprint density at radius 1 is 1.18 bits per heavy atom. The molecule has 1 amide bonds. The summed E-state index contributed by atoms with van der Waals surface area (Å²) in [6.45, 7) is 2.73. The van der Waals surface area contributed by atoms with Gasteiger partial charge in [-0.2, -0.15) is 0 Å². The molecular formula is C23H25FN2O2. The fourth-order valence-corrected chi connectivity index (χ4v) is 3.67. The first-order valence-corrected chi connectivity index (χ1v) is 9.92. The van der Waals surface area contributed by atoms with Crippen molar-refractivity contribution >= 4 is 11.6 Å². The summed E-state index contributed by atoms with van der Waals surface area (Å²) in [5, 5.41) is 4.24. The molecular weight excluding hydrogens is 355 g/mol. The van der Waals surface area contributed by atoms with Crippen LogP contribution < -0.4 is 0 Å². The first kappa shape index (κ1) is 18.7. The molecule has 0 N–H and O–H groups in total. The van der Waals surface area contributed by atoms with E-state index in [4.69, 9.17) is 4.84 Å². The number of hydrogen-bond donors (Lipinski definition) is 0. The highest BCUT2D eigenvalue weighted by molar-refractivity contribution is 6.01. The van der Waals surface area contributed by atoms with Crippen molar-refractivity contribution in [2.45, 2.75) is 45.3 Å². The Hall–Kier alpha value is -2.69. The van der Waals surface area contributed by atoms with E-state index in [9.17, 15) is 9.18 Å². The number of carbonyl (C=O) groups is 1. The predicted molar refractivity (Wildman–Crippen MR) is 106 cm³/mol. The average Bonchev–Trinajstić information content (AvgIpc) is 3.10. The van der Waals surface area contributed by atoms with Crippen LogP contribution >= 0.6 is 0 Å². The van der Waals surface area contributed by atoms with Gasteiger partial charge in [-0.15, -0.1) is 0 Å². The average molecular weight is 380 g/mol. The number of halogens is 1. The molecule has 0 saturated heterocycles. The SMILES string of the molecule is Cc1ccc(C2=NOC(CN(Cc3ccccc3F)C(=O)C3CCC3)C2)cc1. The zero-order valence-corrected chi connectivity index (χ0v) is 16.1. The molecule has 1 aliphatic carbocycles. The fraction of sp³-hybridized carbons (Fsp3) is 0.391. The molecule has 1 heterocycles. The Bertz CT molecular complexity index is 874. The Kier molecular flexibility index (Phi) is 5.42. The monoisotopic (exact) mass is 380 g/mol. The van der Waals surface area contributed by atoms with Crippen LogP contribution in [-0.4, -0.2) is 29.2 Å². The van der Waals surface area contributed by atoms with E-state index < -0.39 is 0 Å². The molecule has 0 spiro atoms. The molecule has 2 aromatic carbocycles. The summed E-state index contributed by atoms with van der Waals surface area (Å²) in [4.78, 5) is 20.3. The van der Waals surface area contributed by atoms with Crippen molar-refractivity contribution < 1.29 is 14.0 Å². The zero-order chi connectivity index (χ0) is 19.5. The molecule has 2 aromatic rings. The number of amides is 1. The lowest BCUT2D eigenvalue weighted by molar-refractivity contribution is -0.140. The molecule has 1 unspecified atom stereocenters. The topological polar surface area (TPSA) is 41.9 Å². The molecule has 4 rings (SSSR count). The molecule has 2 aliphatic rings. The smallest absolute Gasteiger partial charge is 0.226 e. The highest BCUT2D eigenvalue weighted by atomic mass is 19.1. The molecule has 1 atom stereocenters. The van der Waals surface area contributed by atoms with Gasteiger partial charge in [-0.3, -0.25) is 4.79 Å². The summed E-state index contributed by atoms with van der Waals surface area (Å²) in [6, 6.07) is 14.8. The van der Waals surface area contributed by atoms with Crippen LogP contribution in [0.1, 0.15) is 42.4 Å². The predicted octanol–water partition coefficient (Wildman–Crippen LogP) is 4.46. The summed E-state index contributed by atoms with van der Waals surface area (Å²) in [7, 11) is 0. The number of aryl methyl sites for hydroxylation is 1. The maximum absolute atomic E-state index is 14.1. The van der Waals surface area contributed by atoms with Gasteiger partial charge in [0.25, 0.3) is 0 Å². The van der Waals surface area contributed by atoms with Crippen LogP contribution in [0.4, 0.5) is 4.39 Å². The van der Waals surface area contributed by atoms with Gasteiger partial charge < -0.3 is 9.74 Å². The third-order valence-electron chi connectivity index (χ3n) is 5.63. The Balaban J connectivity index is 1.44. The van der Waals surface area contributed by atoms with Crippen molar-refractivity contribution in [1.82, 2.24) is 4.90 Å². The van der Waals surface area contributed by atoms with E-state index in [-0.39, 0.29) is 30.3 Å². The van der Waals surface area contributed by atoms with Crippen molar-refractivity contribution in [2.75, 3.05) is 6.54 Å². The first-order valence-electron chi connectivity index (χ1n) is 9.92. The Morgan fingerprint density at radius 2 is 1.93 bits per heavy atom. The normalized spacial score (nSPS) is 18.9. The van der Waals surface area contributed by atoms with Gasteiger partial charge in [0.05, 0.1) is 12.3 Å². The zero-order valence-electron chi connectivity index (χ0n) is 16.1. The van der Waals surface area contributed by atoms with Crippen LogP contribution in [-0.2, 0) is 16.2 Å². The van der Waals surface area contributed by atoms with Crippen molar-refractivity contribution in [3.8, 4) is 0 Å². The minimum absolute atomic E-state index is 0.0608. The van der Waals surface area contributed by atoms with Gasteiger partial charge in [0.1, 0.15) is 5.82 Å². The van der Waals surface area contributed by atoms with Crippen LogP contribution in [0, 0.1) is 18.7 Å². The van der Waals surface area contributed by atoms with Crippen LogP contribution in [0.2, 0.25) is 0 Å². The summed E-state index contributed by atoms with van der Waals surface area (Å²) in [5.41, 5.74) is 3.67. The fourth-order valence-electron chi connectivity index (χ4n) is 3.67. The van der Waals surface area contributed by atoms with E-state index in [0.717, 1.165) is 30.5 Å². The summed E-state index contributed by atoms with van der Waals surface area (Å²) < 4.78 is 14.1. The van der Waals surface area contributed by atoms with Gasteiger partial charge in [-0.1, -0.05) is 59.6 Å². The van der Waals surface area contributed by atoms with Crippen LogP contribution in [0.15, 0.2) is 53.7 Å². The Morgan fingerprint density at radius 3 is 2.61 bits per heavy atom. The molecule has 146 valence electrons. The Labute approximate surface area is 165 Å². The van der Waals surface area contributed by atoms with E-state index in [1.54, 1.807) is 23.1 Å².